The number of carbonyl (C=O) groups excluding carboxylic acids is 1. The van der Waals surface area contributed by atoms with Crippen molar-refractivity contribution in [1.82, 2.24) is 14.9 Å². The Kier molecular flexibility index (Phi) is 4.85. The molecule has 0 saturated heterocycles. The van der Waals surface area contributed by atoms with Gasteiger partial charge in [-0.1, -0.05) is 12.1 Å². The first-order valence-corrected chi connectivity index (χ1v) is 7.82. The van der Waals surface area contributed by atoms with Gasteiger partial charge >= 0.3 is 6.36 Å². The third kappa shape index (κ3) is 4.43. The zero-order valence-corrected chi connectivity index (χ0v) is 14.1. The minimum absolute atomic E-state index is 0.0275. The predicted molar refractivity (Wildman–Crippen MR) is 91.3 cm³/mol. The van der Waals surface area contributed by atoms with E-state index in [0.29, 0.717) is 16.7 Å². The summed E-state index contributed by atoms with van der Waals surface area (Å²) in [6.07, 6.45) is -4.80. The normalized spacial score (nSPS) is 11.4. The number of alkyl halides is 3. The molecule has 0 aliphatic heterocycles. The molecule has 1 aromatic heterocycles. The Morgan fingerprint density at radius 2 is 1.81 bits per heavy atom. The number of H-pyrrole nitrogens is 1. The summed E-state index contributed by atoms with van der Waals surface area (Å²) in [7, 11) is 1.50. The third-order valence-corrected chi connectivity index (χ3v) is 3.73. The van der Waals surface area contributed by atoms with Crippen LogP contribution >= 0.6 is 0 Å². The Bertz CT molecular complexity index is 1030. The highest BCUT2D eigenvalue weighted by molar-refractivity contribution is 5.94. The lowest BCUT2D eigenvalue weighted by Crippen LogP contribution is -2.28. The number of aromatic nitrogens is 2. The maximum atomic E-state index is 12.4. The average molecular weight is 377 g/mol. The standard InChI is InChI=1S/C18H14F3N3O3/c1-24(10-15-22-14-5-3-2-4-13(14)16(25)23-15)17(26)11-6-8-12(9-7-11)27-18(19,20)21/h2-9H,10H2,1H3,(H,22,23,25). The topological polar surface area (TPSA) is 75.3 Å². The summed E-state index contributed by atoms with van der Waals surface area (Å²) in [5.74, 6) is -0.557. The van der Waals surface area contributed by atoms with Gasteiger partial charge in [0.15, 0.2) is 0 Å². The van der Waals surface area contributed by atoms with Gasteiger partial charge in [-0.3, -0.25) is 9.59 Å². The van der Waals surface area contributed by atoms with E-state index in [2.05, 4.69) is 14.7 Å². The van der Waals surface area contributed by atoms with E-state index in [1.54, 1.807) is 24.3 Å². The zero-order valence-electron chi connectivity index (χ0n) is 14.1. The summed E-state index contributed by atoms with van der Waals surface area (Å²) in [6, 6.07) is 11.4. The number of para-hydroxylation sites is 1. The predicted octanol–water partition coefficient (Wildman–Crippen LogP) is 3.09. The first-order valence-electron chi connectivity index (χ1n) is 7.82. The van der Waals surface area contributed by atoms with Crippen molar-refractivity contribution in [2.75, 3.05) is 7.05 Å². The summed E-state index contributed by atoms with van der Waals surface area (Å²) in [4.78, 5) is 32.7. The van der Waals surface area contributed by atoms with Crippen LogP contribution in [0.5, 0.6) is 5.75 Å². The summed E-state index contributed by atoms with van der Waals surface area (Å²) < 4.78 is 40.3. The molecule has 9 heteroatoms. The van der Waals surface area contributed by atoms with Crippen molar-refractivity contribution >= 4 is 16.8 Å². The molecule has 0 radical (unpaired) electrons. The Hall–Kier alpha value is -3.36. The van der Waals surface area contributed by atoms with Crippen LogP contribution in [0.1, 0.15) is 16.2 Å². The molecule has 2 aromatic carbocycles. The molecule has 1 amide bonds. The van der Waals surface area contributed by atoms with Crippen LogP contribution in [0.15, 0.2) is 53.3 Å². The minimum atomic E-state index is -4.80. The van der Waals surface area contributed by atoms with Crippen LogP contribution in [0.4, 0.5) is 13.2 Å². The average Bonchev–Trinajstić information content (AvgIpc) is 2.60. The number of hydrogen-bond donors (Lipinski definition) is 1. The highest BCUT2D eigenvalue weighted by Gasteiger charge is 2.31. The maximum absolute atomic E-state index is 12.4. The number of aromatic amines is 1. The molecule has 0 fully saturated rings. The number of nitrogens with zero attached hydrogens (tertiary/aromatic N) is 2. The molecule has 0 unspecified atom stereocenters. The molecule has 27 heavy (non-hydrogen) atoms. The summed E-state index contributed by atoms with van der Waals surface area (Å²) >= 11 is 0. The number of carbonyl (C=O) groups is 1. The van der Waals surface area contributed by atoms with Gasteiger partial charge in [0.05, 0.1) is 17.4 Å². The van der Waals surface area contributed by atoms with E-state index in [4.69, 9.17) is 0 Å². The van der Waals surface area contributed by atoms with Crippen LogP contribution in [0.2, 0.25) is 0 Å². The van der Waals surface area contributed by atoms with E-state index in [-0.39, 0.29) is 17.7 Å². The van der Waals surface area contributed by atoms with Crippen LogP contribution in [0.3, 0.4) is 0 Å². The molecule has 0 atom stereocenters. The number of fused-ring (bicyclic) bond motifs is 1. The Balaban J connectivity index is 1.75. The third-order valence-electron chi connectivity index (χ3n) is 3.73. The number of ether oxygens (including phenoxy) is 1. The minimum Gasteiger partial charge on any atom is -0.406 e. The molecule has 0 aliphatic rings. The Morgan fingerprint density at radius 1 is 1.15 bits per heavy atom. The lowest BCUT2D eigenvalue weighted by molar-refractivity contribution is -0.274. The number of nitrogens with one attached hydrogen (secondary N) is 1. The van der Waals surface area contributed by atoms with Crippen molar-refractivity contribution in [2.45, 2.75) is 12.9 Å². The monoisotopic (exact) mass is 377 g/mol. The van der Waals surface area contributed by atoms with Gasteiger partial charge in [-0.2, -0.15) is 0 Å². The summed E-state index contributed by atoms with van der Waals surface area (Å²) in [5.41, 5.74) is 0.367. The van der Waals surface area contributed by atoms with Gasteiger partial charge in [0.1, 0.15) is 11.6 Å². The molecule has 0 saturated carbocycles. The van der Waals surface area contributed by atoms with Crippen molar-refractivity contribution in [3.63, 3.8) is 0 Å². The molecule has 1 N–H and O–H groups in total. The van der Waals surface area contributed by atoms with Gasteiger partial charge in [-0.25, -0.2) is 4.98 Å². The molecule has 0 spiro atoms. The quantitative estimate of drug-likeness (QED) is 0.758. The number of amides is 1. The molecule has 3 aromatic rings. The first-order chi connectivity index (χ1) is 12.7. The summed E-state index contributed by atoms with van der Waals surface area (Å²) in [6.45, 7) is 0.0275. The van der Waals surface area contributed by atoms with Crippen molar-refractivity contribution < 1.29 is 22.7 Å². The van der Waals surface area contributed by atoms with Crippen LogP contribution in [-0.4, -0.2) is 34.2 Å². The Morgan fingerprint density at radius 3 is 2.48 bits per heavy atom. The zero-order chi connectivity index (χ0) is 19.6. The van der Waals surface area contributed by atoms with Crippen LogP contribution in [0, 0.1) is 0 Å². The van der Waals surface area contributed by atoms with E-state index in [1.165, 1.54) is 24.1 Å². The molecule has 3 rings (SSSR count). The fraction of sp³-hybridized carbons (Fsp3) is 0.167. The molecular weight excluding hydrogens is 363 g/mol. The SMILES string of the molecule is CN(Cc1nc2ccccc2c(=O)[nH]1)C(=O)c1ccc(OC(F)(F)F)cc1. The first kappa shape index (κ1) is 18.4. The second-order valence-corrected chi connectivity index (χ2v) is 5.76. The molecule has 140 valence electrons. The highest BCUT2D eigenvalue weighted by atomic mass is 19.4. The second kappa shape index (κ2) is 7.10. The number of halogens is 3. The van der Waals surface area contributed by atoms with Gasteiger partial charge in [-0.15, -0.1) is 13.2 Å². The van der Waals surface area contributed by atoms with Crippen molar-refractivity contribution in [1.29, 1.82) is 0 Å². The lowest BCUT2D eigenvalue weighted by Gasteiger charge is -2.17. The number of rotatable bonds is 4. The van der Waals surface area contributed by atoms with Crippen LogP contribution in [0.25, 0.3) is 10.9 Å². The number of benzene rings is 2. The van der Waals surface area contributed by atoms with E-state index >= 15 is 0 Å². The van der Waals surface area contributed by atoms with Crippen LogP contribution < -0.4 is 10.3 Å². The van der Waals surface area contributed by atoms with Crippen molar-refractivity contribution in [3.05, 3.63) is 70.3 Å². The molecule has 1 heterocycles. The molecular formula is C18H14F3N3O3. The molecule has 6 nitrogen and oxygen atoms in total. The van der Waals surface area contributed by atoms with Gasteiger partial charge in [0.2, 0.25) is 0 Å². The van der Waals surface area contributed by atoms with E-state index < -0.39 is 18.0 Å². The Labute approximate surface area is 151 Å². The van der Waals surface area contributed by atoms with E-state index in [9.17, 15) is 22.8 Å². The lowest BCUT2D eigenvalue weighted by atomic mass is 10.2. The fourth-order valence-electron chi connectivity index (χ4n) is 2.53. The maximum Gasteiger partial charge on any atom is 0.573 e. The van der Waals surface area contributed by atoms with Gasteiger partial charge in [0, 0.05) is 12.6 Å². The van der Waals surface area contributed by atoms with E-state index in [0.717, 1.165) is 12.1 Å². The van der Waals surface area contributed by atoms with Gasteiger partial charge in [0.25, 0.3) is 11.5 Å². The highest BCUT2D eigenvalue weighted by Crippen LogP contribution is 2.23. The van der Waals surface area contributed by atoms with Crippen molar-refractivity contribution in [2.24, 2.45) is 0 Å². The summed E-state index contributed by atoms with van der Waals surface area (Å²) in [5, 5.41) is 0.440. The number of hydrogen-bond acceptors (Lipinski definition) is 4. The van der Waals surface area contributed by atoms with Gasteiger partial charge in [-0.05, 0) is 36.4 Å². The smallest absolute Gasteiger partial charge is 0.406 e. The van der Waals surface area contributed by atoms with Gasteiger partial charge < -0.3 is 14.6 Å². The largest absolute Gasteiger partial charge is 0.573 e. The molecule has 0 aliphatic carbocycles. The van der Waals surface area contributed by atoms with E-state index in [1.807, 2.05) is 0 Å². The fourth-order valence-corrected chi connectivity index (χ4v) is 2.53. The van der Waals surface area contributed by atoms with Crippen LogP contribution in [-0.2, 0) is 6.54 Å². The molecule has 0 bridgehead atoms. The second-order valence-electron chi connectivity index (χ2n) is 5.76. The van der Waals surface area contributed by atoms with Crippen molar-refractivity contribution in [3.8, 4) is 5.75 Å².